The standard InChI is InChI=1S/C16H13NO3S/c1-12-3-2-4-15(9-12)21(19,20)11-16(18)14-7-5-13(10-17)6-8-14/h2-9H,11H2,1H3. The van der Waals surface area contributed by atoms with E-state index in [-0.39, 0.29) is 10.5 Å². The summed E-state index contributed by atoms with van der Waals surface area (Å²) in [5.74, 6) is -1.07. The Kier molecular flexibility index (Phi) is 4.20. The van der Waals surface area contributed by atoms with Crippen LogP contribution in [0.3, 0.4) is 0 Å². The van der Waals surface area contributed by atoms with Crippen molar-refractivity contribution in [1.82, 2.24) is 0 Å². The van der Waals surface area contributed by atoms with Crippen molar-refractivity contribution in [3.63, 3.8) is 0 Å². The van der Waals surface area contributed by atoms with Gasteiger partial charge in [0.25, 0.3) is 0 Å². The number of hydrogen-bond acceptors (Lipinski definition) is 4. The minimum absolute atomic E-state index is 0.143. The highest BCUT2D eigenvalue weighted by atomic mass is 32.2. The van der Waals surface area contributed by atoms with Gasteiger partial charge in [0, 0.05) is 5.56 Å². The number of benzene rings is 2. The third kappa shape index (κ3) is 3.56. The van der Waals surface area contributed by atoms with E-state index in [0.29, 0.717) is 5.56 Å². The van der Waals surface area contributed by atoms with Gasteiger partial charge in [-0.1, -0.05) is 24.3 Å². The fourth-order valence-corrected chi connectivity index (χ4v) is 3.21. The van der Waals surface area contributed by atoms with Gasteiger partial charge in [-0.3, -0.25) is 4.79 Å². The molecule has 0 bridgehead atoms. The lowest BCUT2D eigenvalue weighted by Gasteiger charge is -2.05. The third-order valence-electron chi connectivity index (χ3n) is 3.01. The normalized spacial score (nSPS) is 10.9. The molecule has 0 heterocycles. The van der Waals surface area contributed by atoms with E-state index in [2.05, 4.69) is 0 Å². The smallest absolute Gasteiger partial charge is 0.185 e. The van der Waals surface area contributed by atoms with Crippen LogP contribution >= 0.6 is 0 Å². The van der Waals surface area contributed by atoms with Gasteiger partial charge in [0.15, 0.2) is 15.6 Å². The highest BCUT2D eigenvalue weighted by Crippen LogP contribution is 2.15. The molecule has 2 aromatic carbocycles. The lowest BCUT2D eigenvalue weighted by atomic mass is 10.1. The van der Waals surface area contributed by atoms with Gasteiger partial charge < -0.3 is 0 Å². The Hall–Kier alpha value is -2.45. The van der Waals surface area contributed by atoms with Crippen LogP contribution in [0.2, 0.25) is 0 Å². The van der Waals surface area contributed by atoms with E-state index in [1.165, 1.54) is 30.3 Å². The van der Waals surface area contributed by atoms with Crippen molar-refractivity contribution >= 4 is 15.6 Å². The van der Waals surface area contributed by atoms with Crippen LogP contribution in [0.5, 0.6) is 0 Å². The minimum atomic E-state index is -3.66. The number of Topliss-reactive ketones (excluding diaryl/α,β-unsaturated/α-hetero) is 1. The number of carbonyl (C=O) groups is 1. The second-order valence-electron chi connectivity index (χ2n) is 4.69. The summed E-state index contributed by atoms with van der Waals surface area (Å²) in [6.07, 6.45) is 0. The van der Waals surface area contributed by atoms with Crippen molar-refractivity contribution < 1.29 is 13.2 Å². The molecule has 0 radical (unpaired) electrons. The third-order valence-corrected chi connectivity index (χ3v) is 4.62. The van der Waals surface area contributed by atoms with E-state index < -0.39 is 21.4 Å². The van der Waals surface area contributed by atoms with Gasteiger partial charge in [0.05, 0.1) is 16.5 Å². The van der Waals surface area contributed by atoms with Crippen LogP contribution in [-0.2, 0) is 9.84 Å². The molecule has 0 N–H and O–H groups in total. The lowest BCUT2D eigenvalue weighted by molar-refractivity contribution is 0.102. The van der Waals surface area contributed by atoms with Gasteiger partial charge in [-0.05, 0) is 36.8 Å². The number of nitriles is 1. The highest BCUT2D eigenvalue weighted by Gasteiger charge is 2.20. The van der Waals surface area contributed by atoms with Crippen LogP contribution in [0.15, 0.2) is 53.4 Å². The van der Waals surface area contributed by atoms with Crippen LogP contribution in [0.1, 0.15) is 21.5 Å². The summed E-state index contributed by atoms with van der Waals surface area (Å²) in [6.45, 7) is 1.79. The van der Waals surface area contributed by atoms with Gasteiger partial charge in [-0.2, -0.15) is 5.26 Å². The lowest BCUT2D eigenvalue weighted by Crippen LogP contribution is -2.16. The Bertz CT molecular complexity index is 815. The highest BCUT2D eigenvalue weighted by molar-refractivity contribution is 7.92. The molecule has 0 saturated carbocycles. The van der Waals surface area contributed by atoms with E-state index in [4.69, 9.17) is 5.26 Å². The number of ketones is 1. The summed E-state index contributed by atoms with van der Waals surface area (Å²) >= 11 is 0. The van der Waals surface area contributed by atoms with Crippen molar-refractivity contribution in [3.05, 3.63) is 65.2 Å². The maximum atomic E-state index is 12.2. The summed E-state index contributed by atoms with van der Waals surface area (Å²) in [4.78, 5) is 12.2. The first-order valence-corrected chi connectivity index (χ1v) is 7.90. The van der Waals surface area contributed by atoms with Crippen molar-refractivity contribution in [1.29, 1.82) is 5.26 Å². The number of aryl methyl sites for hydroxylation is 1. The quantitative estimate of drug-likeness (QED) is 0.813. The van der Waals surface area contributed by atoms with E-state index >= 15 is 0 Å². The monoisotopic (exact) mass is 299 g/mol. The number of rotatable bonds is 4. The zero-order valence-electron chi connectivity index (χ0n) is 11.4. The van der Waals surface area contributed by atoms with Gasteiger partial charge in [-0.25, -0.2) is 8.42 Å². The van der Waals surface area contributed by atoms with Gasteiger partial charge in [0.2, 0.25) is 0 Å². The summed E-state index contributed by atoms with van der Waals surface area (Å²) < 4.78 is 24.4. The molecule has 0 aromatic heterocycles. The zero-order valence-corrected chi connectivity index (χ0v) is 12.2. The van der Waals surface area contributed by atoms with E-state index in [0.717, 1.165) is 5.56 Å². The first-order valence-electron chi connectivity index (χ1n) is 6.25. The molecule has 0 spiro atoms. The Balaban J connectivity index is 2.24. The van der Waals surface area contributed by atoms with Crippen LogP contribution in [0, 0.1) is 18.3 Å². The molecule has 0 atom stereocenters. The van der Waals surface area contributed by atoms with Crippen LogP contribution in [0.4, 0.5) is 0 Å². The fourth-order valence-electron chi connectivity index (χ4n) is 1.88. The number of sulfone groups is 1. The van der Waals surface area contributed by atoms with E-state index in [1.807, 2.05) is 6.07 Å². The molecule has 0 saturated heterocycles. The average molecular weight is 299 g/mol. The Morgan fingerprint density at radius 1 is 1.14 bits per heavy atom. The Morgan fingerprint density at radius 3 is 2.38 bits per heavy atom. The predicted molar refractivity (Wildman–Crippen MR) is 78.7 cm³/mol. The number of nitrogens with zero attached hydrogens (tertiary/aromatic N) is 1. The number of carbonyl (C=O) groups excluding carboxylic acids is 1. The molecule has 5 heteroatoms. The Morgan fingerprint density at radius 2 is 1.81 bits per heavy atom. The molecule has 0 aliphatic carbocycles. The summed E-state index contributed by atoms with van der Waals surface area (Å²) in [5.41, 5.74) is 1.53. The second kappa shape index (κ2) is 5.90. The summed E-state index contributed by atoms with van der Waals surface area (Å²) in [5, 5.41) is 8.70. The topological polar surface area (TPSA) is 75.0 Å². The SMILES string of the molecule is Cc1cccc(S(=O)(=O)CC(=O)c2ccc(C#N)cc2)c1. The molecule has 21 heavy (non-hydrogen) atoms. The zero-order chi connectivity index (χ0) is 15.5. The summed E-state index contributed by atoms with van der Waals surface area (Å²) in [7, 11) is -3.66. The van der Waals surface area contributed by atoms with Crippen molar-refractivity contribution in [2.75, 3.05) is 5.75 Å². The van der Waals surface area contributed by atoms with Crippen molar-refractivity contribution in [3.8, 4) is 6.07 Å². The maximum Gasteiger partial charge on any atom is 0.185 e. The minimum Gasteiger partial charge on any atom is -0.293 e. The molecule has 2 aromatic rings. The van der Waals surface area contributed by atoms with E-state index in [1.54, 1.807) is 25.1 Å². The Labute approximate surface area is 123 Å². The van der Waals surface area contributed by atoms with Gasteiger partial charge in [-0.15, -0.1) is 0 Å². The van der Waals surface area contributed by atoms with Crippen LogP contribution < -0.4 is 0 Å². The molecule has 0 aliphatic rings. The fraction of sp³-hybridized carbons (Fsp3) is 0.125. The number of hydrogen-bond donors (Lipinski definition) is 0. The second-order valence-corrected chi connectivity index (χ2v) is 6.68. The summed E-state index contributed by atoms with van der Waals surface area (Å²) in [6, 6.07) is 14.3. The van der Waals surface area contributed by atoms with E-state index in [9.17, 15) is 13.2 Å². The first-order chi connectivity index (χ1) is 9.92. The largest absolute Gasteiger partial charge is 0.293 e. The average Bonchev–Trinajstić information content (AvgIpc) is 2.47. The maximum absolute atomic E-state index is 12.2. The molecule has 4 nitrogen and oxygen atoms in total. The predicted octanol–water partition coefficient (Wildman–Crippen LogP) is 2.52. The van der Waals surface area contributed by atoms with Crippen LogP contribution in [0.25, 0.3) is 0 Å². The molecule has 2 rings (SSSR count). The van der Waals surface area contributed by atoms with Crippen molar-refractivity contribution in [2.45, 2.75) is 11.8 Å². The molecule has 0 unspecified atom stereocenters. The van der Waals surface area contributed by atoms with Crippen molar-refractivity contribution in [2.24, 2.45) is 0 Å². The first kappa shape index (κ1) is 14.9. The van der Waals surface area contributed by atoms with Gasteiger partial charge in [0.1, 0.15) is 5.75 Å². The molecule has 0 amide bonds. The molecule has 0 aliphatic heterocycles. The molecule has 106 valence electrons. The molecular formula is C16H13NO3S. The molecular weight excluding hydrogens is 286 g/mol. The van der Waals surface area contributed by atoms with Crippen LogP contribution in [-0.4, -0.2) is 20.0 Å². The van der Waals surface area contributed by atoms with Gasteiger partial charge >= 0.3 is 0 Å². The molecule has 0 fully saturated rings.